The van der Waals surface area contributed by atoms with E-state index in [4.69, 9.17) is 4.98 Å². The van der Waals surface area contributed by atoms with Gasteiger partial charge in [0.1, 0.15) is 17.2 Å². The lowest BCUT2D eigenvalue weighted by molar-refractivity contribution is 0.138. The number of nitrogens with zero attached hydrogens (tertiary/aromatic N) is 5. The maximum absolute atomic E-state index is 4.73. The van der Waals surface area contributed by atoms with Gasteiger partial charge >= 0.3 is 0 Å². The molecule has 4 heterocycles. The molecule has 28 heavy (non-hydrogen) atoms. The summed E-state index contributed by atoms with van der Waals surface area (Å²) < 4.78 is 2.03. The summed E-state index contributed by atoms with van der Waals surface area (Å²) in [6, 6.07) is 8.80. The zero-order valence-corrected chi connectivity index (χ0v) is 16.3. The van der Waals surface area contributed by atoms with Crippen LogP contribution in [0.1, 0.15) is 38.5 Å². The maximum Gasteiger partial charge on any atom is 0.180 e. The molecular weight excluding hydrogens is 348 g/mol. The largest absolute Gasteiger partial charge is 0.370 e. The van der Waals surface area contributed by atoms with Crippen LogP contribution in [0, 0.1) is 5.92 Å². The Labute approximate surface area is 166 Å². The van der Waals surface area contributed by atoms with E-state index in [1.807, 2.05) is 47.3 Å². The lowest BCUT2D eigenvalue weighted by Gasteiger charge is -2.36. The maximum atomic E-state index is 4.73. The number of nitrogens with one attached hydrogen (secondary N) is 1. The Kier molecular flexibility index (Phi) is 4.95. The number of aromatic nitrogens is 4. The Balaban J connectivity index is 1.21. The van der Waals surface area contributed by atoms with Crippen molar-refractivity contribution < 1.29 is 0 Å². The van der Waals surface area contributed by atoms with Crippen molar-refractivity contribution in [3.05, 3.63) is 42.9 Å². The van der Waals surface area contributed by atoms with E-state index in [1.165, 1.54) is 51.6 Å². The summed E-state index contributed by atoms with van der Waals surface area (Å²) in [6.45, 7) is 3.50. The second-order valence-corrected chi connectivity index (χ2v) is 8.14. The minimum atomic E-state index is 0.708. The number of anilines is 1. The highest BCUT2D eigenvalue weighted by molar-refractivity contribution is 5.58. The summed E-state index contributed by atoms with van der Waals surface area (Å²) in [5.41, 5.74) is 1.83. The van der Waals surface area contributed by atoms with Crippen LogP contribution in [0.3, 0.4) is 0 Å². The van der Waals surface area contributed by atoms with E-state index < -0.39 is 0 Å². The fourth-order valence-electron chi connectivity index (χ4n) is 4.72. The molecule has 1 N–H and O–H groups in total. The molecule has 2 fully saturated rings. The molecule has 0 bridgehead atoms. The van der Waals surface area contributed by atoms with Gasteiger partial charge in [-0.3, -0.25) is 4.40 Å². The van der Waals surface area contributed by atoms with E-state index in [1.54, 1.807) is 0 Å². The summed E-state index contributed by atoms with van der Waals surface area (Å²) in [5, 5.41) is 3.55. The molecule has 2 aliphatic rings. The summed E-state index contributed by atoms with van der Waals surface area (Å²) in [7, 11) is 0. The molecule has 3 aromatic rings. The van der Waals surface area contributed by atoms with E-state index in [9.17, 15) is 0 Å². The zero-order chi connectivity index (χ0) is 18.8. The van der Waals surface area contributed by atoms with Crippen molar-refractivity contribution in [2.24, 2.45) is 5.92 Å². The van der Waals surface area contributed by atoms with Crippen LogP contribution in [0.2, 0.25) is 0 Å². The Morgan fingerprint density at radius 1 is 1.00 bits per heavy atom. The van der Waals surface area contributed by atoms with Crippen molar-refractivity contribution in [2.45, 2.75) is 44.6 Å². The van der Waals surface area contributed by atoms with Crippen molar-refractivity contribution in [1.29, 1.82) is 0 Å². The van der Waals surface area contributed by atoms with E-state index in [2.05, 4.69) is 20.2 Å². The average Bonchev–Trinajstić information content (AvgIpc) is 3.43. The second kappa shape index (κ2) is 7.87. The predicted molar refractivity (Wildman–Crippen MR) is 111 cm³/mol. The van der Waals surface area contributed by atoms with Crippen LogP contribution < -0.4 is 5.32 Å². The van der Waals surface area contributed by atoms with Crippen LogP contribution in [0.5, 0.6) is 0 Å². The van der Waals surface area contributed by atoms with E-state index in [-0.39, 0.29) is 0 Å². The molecule has 6 heteroatoms. The van der Waals surface area contributed by atoms with Gasteiger partial charge in [0.05, 0.1) is 6.20 Å². The molecule has 0 unspecified atom stereocenters. The van der Waals surface area contributed by atoms with Gasteiger partial charge in [-0.2, -0.15) is 0 Å². The first-order valence-corrected chi connectivity index (χ1v) is 10.6. The first kappa shape index (κ1) is 17.6. The molecule has 5 rings (SSSR count). The first-order chi connectivity index (χ1) is 13.9. The van der Waals surface area contributed by atoms with Crippen LogP contribution in [-0.4, -0.2) is 49.9 Å². The first-order valence-electron chi connectivity index (χ1n) is 10.6. The number of imidazole rings is 1. The summed E-state index contributed by atoms with van der Waals surface area (Å²) in [4.78, 5) is 16.4. The SMILES string of the molecule is c1ccn2c(-c3nccc(NCC4CCN(C5CCCC5)CC4)n3)cnc2c1. The van der Waals surface area contributed by atoms with Gasteiger partial charge in [-0.15, -0.1) is 0 Å². The lowest BCUT2D eigenvalue weighted by Crippen LogP contribution is -2.41. The van der Waals surface area contributed by atoms with Crippen LogP contribution in [0.15, 0.2) is 42.9 Å². The number of likely N-dealkylation sites (tertiary alicyclic amines) is 1. The molecule has 3 aromatic heterocycles. The number of pyridine rings is 1. The number of rotatable bonds is 5. The molecule has 0 amide bonds. The highest BCUT2D eigenvalue weighted by Crippen LogP contribution is 2.28. The van der Waals surface area contributed by atoms with Gasteiger partial charge in [-0.25, -0.2) is 15.0 Å². The Morgan fingerprint density at radius 2 is 1.86 bits per heavy atom. The van der Waals surface area contributed by atoms with Crippen LogP contribution in [-0.2, 0) is 0 Å². The number of fused-ring (bicyclic) bond motifs is 1. The molecule has 1 saturated carbocycles. The number of hydrogen-bond donors (Lipinski definition) is 1. The molecule has 0 atom stereocenters. The third-order valence-electron chi connectivity index (χ3n) is 6.36. The molecular formula is C22H28N6. The molecule has 0 radical (unpaired) electrons. The normalized spacial score (nSPS) is 19.4. The lowest BCUT2D eigenvalue weighted by atomic mass is 9.95. The van der Waals surface area contributed by atoms with Gasteiger partial charge in [0.2, 0.25) is 0 Å². The second-order valence-electron chi connectivity index (χ2n) is 8.14. The van der Waals surface area contributed by atoms with Crippen molar-refractivity contribution in [2.75, 3.05) is 25.0 Å². The van der Waals surface area contributed by atoms with Crippen LogP contribution in [0.25, 0.3) is 17.2 Å². The topological polar surface area (TPSA) is 58.4 Å². The Morgan fingerprint density at radius 3 is 2.71 bits per heavy atom. The number of hydrogen-bond acceptors (Lipinski definition) is 5. The van der Waals surface area contributed by atoms with Gasteiger partial charge in [-0.1, -0.05) is 18.9 Å². The van der Waals surface area contributed by atoms with Gasteiger partial charge in [0.25, 0.3) is 0 Å². The van der Waals surface area contributed by atoms with Gasteiger partial charge in [0.15, 0.2) is 5.82 Å². The zero-order valence-electron chi connectivity index (χ0n) is 16.3. The molecule has 1 aliphatic carbocycles. The summed E-state index contributed by atoms with van der Waals surface area (Å²) in [5.74, 6) is 2.33. The van der Waals surface area contributed by atoms with Crippen molar-refractivity contribution >= 4 is 11.5 Å². The Hall–Kier alpha value is -2.47. The van der Waals surface area contributed by atoms with Crippen molar-refractivity contribution in [3.63, 3.8) is 0 Å². The fraction of sp³-hybridized carbons (Fsp3) is 0.500. The summed E-state index contributed by atoms with van der Waals surface area (Å²) >= 11 is 0. The smallest absolute Gasteiger partial charge is 0.180 e. The standard InChI is InChI=1S/C22H28N6/c1-2-6-18(5-1)27-13-9-17(10-14-27)15-24-20-8-11-23-22(26-20)19-16-25-21-7-3-4-12-28(19)21/h3-4,7-8,11-12,16-18H,1-2,5-6,9-10,13-15H2,(H,23,24,26). The Bertz CT molecular complexity index is 921. The summed E-state index contributed by atoms with van der Waals surface area (Å²) in [6.07, 6.45) is 13.9. The molecule has 146 valence electrons. The van der Waals surface area contributed by atoms with Crippen molar-refractivity contribution in [1.82, 2.24) is 24.3 Å². The highest BCUT2D eigenvalue weighted by Gasteiger charge is 2.26. The third kappa shape index (κ3) is 3.61. The fourth-order valence-corrected chi connectivity index (χ4v) is 4.72. The van der Waals surface area contributed by atoms with Crippen LogP contribution >= 0.6 is 0 Å². The van der Waals surface area contributed by atoms with Gasteiger partial charge in [-0.05, 0) is 62.9 Å². The van der Waals surface area contributed by atoms with Crippen molar-refractivity contribution in [3.8, 4) is 11.5 Å². The van der Waals surface area contributed by atoms with E-state index in [0.717, 1.165) is 35.7 Å². The third-order valence-corrected chi connectivity index (χ3v) is 6.36. The molecule has 1 aliphatic heterocycles. The monoisotopic (exact) mass is 376 g/mol. The molecule has 0 aromatic carbocycles. The highest BCUT2D eigenvalue weighted by atomic mass is 15.2. The minimum Gasteiger partial charge on any atom is -0.370 e. The molecule has 1 saturated heterocycles. The molecule has 6 nitrogen and oxygen atoms in total. The molecule has 0 spiro atoms. The van der Waals surface area contributed by atoms with E-state index >= 15 is 0 Å². The average molecular weight is 377 g/mol. The predicted octanol–water partition coefficient (Wildman–Crippen LogP) is 3.86. The van der Waals surface area contributed by atoms with Gasteiger partial charge in [0, 0.05) is 25.0 Å². The minimum absolute atomic E-state index is 0.708. The van der Waals surface area contributed by atoms with Crippen LogP contribution in [0.4, 0.5) is 5.82 Å². The van der Waals surface area contributed by atoms with E-state index in [0.29, 0.717) is 5.82 Å². The number of piperidine rings is 1. The van der Waals surface area contributed by atoms with Gasteiger partial charge < -0.3 is 10.2 Å². The quantitative estimate of drug-likeness (QED) is 0.733.